The van der Waals surface area contributed by atoms with Crippen LogP contribution in [0.4, 0.5) is 0 Å². The van der Waals surface area contributed by atoms with Crippen LogP contribution in [0.5, 0.6) is 0 Å². The van der Waals surface area contributed by atoms with Crippen molar-refractivity contribution < 1.29 is 5.11 Å². The molecule has 17 heavy (non-hydrogen) atoms. The lowest BCUT2D eigenvalue weighted by Crippen LogP contribution is -2.23. The van der Waals surface area contributed by atoms with Gasteiger partial charge in [0.2, 0.25) is 0 Å². The minimum atomic E-state index is 0.205. The fourth-order valence-corrected chi connectivity index (χ4v) is 1.59. The van der Waals surface area contributed by atoms with Gasteiger partial charge in [0.1, 0.15) is 0 Å². The first-order chi connectivity index (χ1) is 8.29. The number of aromatic nitrogens is 2. The van der Waals surface area contributed by atoms with Gasteiger partial charge in [-0.1, -0.05) is 19.1 Å². The van der Waals surface area contributed by atoms with Crippen LogP contribution in [0.3, 0.4) is 0 Å². The van der Waals surface area contributed by atoms with Gasteiger partial charge in [0.15, 0.2) is 0 Å². The van der Waals surface area contributed by atoms with E-state index in [-0.39, 0.29) is 12.5 Å². The maximum absolute atomic E-state index is 8.91. The van der Waals surface area contributed by atoms with Crippen LogP contribution in [0, 0.1) is 5.92 Å². The molecule has 2 rings (SSSR count). The van der Waals surface area contributed by atoms with Gasteiger partial charge < -0.3 is 10.4 Å². The first-order valence-electron chi connectivity index (χ1n) is 5.82. The third-order valence-corrected chi connectivity index (χ3v) is 2.61. The predicted molar refractivity (Wildman–Crippen MR) is 67.5 cm³/mol. The molecule has 0 radical (unpaired) electrons. The lowest BCUT2D eigenvalue weighted by Gasteiger charge is -2.09. The maximum Gasteiger partial charge on any atom is 0.0890 e. The number of benzene rings is 1. The summed E-state index contributed by atoms with van der Waals surface area (Å²) in [5.41, 5.74) is 2.76. The molecule has 0 aliphatic rings. The number of hydrogen-bond acceptors (Lipinski definition) is 4. The zero-order valence-corrected chi connectivity index (χ0v) is 9.93. The summed E-state index contributed by atoms with van der Waals surface area (Å²) in [6.45, 7) is 3.67. The molecule has 4 heteroatoms. The fourth-order valence-electron chi connectivity index (χ4n) is 1.59. The number of aliphatic hydroxyl groups is 1. The Morgan fingerprint density at radius 2 is 2.06 bits per heavy atom. The summed E-state index contributed by atoms with van der Waals surface area (Å²) in [5.74, 6) is 0.267. The molecule has 1 heterocycles. The van der Waals surface area contributed by atoms with E-state index in [0.29, 0.717) is 6.54 Å². The van der Waals surface area contributed by atoms with Crippen molar-refractivity contribution >= 4 is 11.0 Å². The van der Waals surface area contributed by atoms with Crippen LogP contribution < -0.4 is 5.32 Å². The normalized spacial score (nSPS) is 12.8. The molecule has 1 aromatic heterocycles. The van der Waals surface area contributed by atoms with E-state index in [1.807, 2.05) is 31.2 Å². The highest BCUT2D eigenvalue weighted by Crippen LogP contribution is 2.08. The predicted octanol–water partition coefficient (Wildman–Crippen LogP) is 1.35. The molecule has 0 bridgehead atoms. The molecule has 4 nitrogen and oxygen atoms in total. The van der Waals surface area contributed by atoms with Crippen LogP contribution in [0.15, 0.2) is 30.5 Å². The van der Waals surface area contributed by atoms with Gasteiger partial charge in [-0.15, -0.1) is 0 Å². The molecular weight excluding hydrogens is 214 g/mol. The molecule has 0 amide bonds. The smallest absolute Gasteiger partial charge is 0.0890 e. The van der Waals surface area contributed by atoms with E-state index in [1.54, 1.807) is 6.20 Å². The van der Waals surface area contributed by atoms with E-state index in [9.17, 15) is 0 Å². The van der Waals surface area contributed by atoms with Crippen LogP contribution >= 0.6 is 0 Å². The van der Waals surface area contributed by atoms with Crippen molar-refractivity contribution in [2.75, 3.05) is 13.2 Å². The van der Waals surface area contributed by atoms with E-state index in [1.165, 1.54) is 0 Å². The lowest BCUT2D eigenvalue weighted by atomic mass is 10.2. The van der Waals surface area contributed by atoms with Gasteiger partial charge in [0.05, 0.1) is 22.9 Å². The van der Waals surface area contributed by atoms with Gasteiger partial charge in [0.25, 0.3) is 0 Å². The number of nitrogens with one attached hydrogen (secondary N) is 1. The third kappa shape index (κ3) is 3.22. The van der Waals surface area contributed by atoms with Gasteiger partial charge in [-0.05, 0) is 18.1 Å². The molecular formula is C13H17N3O. The average molecular weight is 231 g/mol. The maximum atomic E-state index is 8.91. The monoisotopic (exact) mass is 231 g/mol. The van der Waals surface area contributed by atoms with Crippen molar-refractivity contribution in [3.05, 3.63) is 36.2 Å². The van der Waals surface area contributed by atoms with E-state index < -0.39 is 0 Å². The zero-order valence-electron chi connectivity index (χ0n) is 9.93. The zero-order chi connectivity index (χ0) is 12.1. The molecule has 0 saturated carbocycles. The minimum absolute atomic E-state index is 0.205. The van der Waals surface area contributed by atoms with Crippen molar-refractivity contribution in [1.82, 2.24) is 15.3 Å². The topological polar surface area (TPSA) is 58.0 Å². The second-order valence-electron chi connectivity index (χ2n) is 4.27. The first kappa shape index (κ1) is 12.0. The van der Waals surface area contributed by atoms with E-state index >= 15 is 0 Å². The lowest BCUT2D eigenvalue weighted by molar-refractivity contribution is 0.233. The molecule has 2 N–H and O–H groups in total. The number of hydrogen-bond donors (Lipinski definition) is 2. The SMILES string of the molecule is CC(CO)CNCc1cnc2ccccc2n1. The fraction of sp³-hybridized carbons (Fsp3) is 0.385. The summed E-state index contributed by atoms with van der Waals surface area (Å²) >= 11 is 0. The summed E-state index contributed by atoms with van der Waals surface area (Å²) in [5, 5.41) is 12.2. The van der Waals surface area contributed by atoms with Gasteiger partial charge in [-0.3, -0.25) is 4.98 Å². The second kappa shape index (κ2) is 5.70. The minimum Gasteiger partial charge on any atom is -0.396 e. The van der Waals surface area contributed by atoms with Crippen LogP contribution in [-0.2, 0) is 6.54 Å². The molecule has 2 aromatic rings. The summed E-state index contributed by atoms with van der Waals surface area (Å²) in [7, 11) is 0. The summed E-state index contributed by atoms with van der Waals surface area (Å²) < 4.78 is 0. The van der Waals surface area contributed by atoms with Gasteiger partial charge >= 0.3 is 0 Å². The standard InChI is InChI=1S/C13H17N3O/c1-10(9-17)6-14-7-11-8-15-12-4-2-3-5-13(12)16-11/h2-5,8,10,14,17H,6-7,9H2,1H3. The van der Waals surface area contributed by atoms with Gasteiger partial charge in [-0.25, -0.2) is 4.98 Å². The Morgan fingerprint density at radius 1 is 1.29 bits per heavy atom. The molecule has 0 aliphatic carbocycles. The quantitative estimate of drug-likeness (QED) is 0.815. The van der Waals surface area contributed by atoms with Crippen molar-refractivity contribution in [2.24, 2.45) is 5.92 Å². The summed E-state index contributed by atoms with van der Waals surface area (Å²) in [6.07, 6.45) is 1.79. The van der Waals surface area contributed by atoms with Crippen LogP contribution in [0.25, 0.3) is 11.0 Å². The Morgan fingerprint density at radius 3 is 2.82 bits per heavy atom. The van der Waals surface area contributed by atoms with Crippen molar-refractivity contribution in [3.8, 4) is 0 Å². The Hall–Kier alpha value is -1.52. The summed E-state index contributed by atoms with van der Waals surface area (Å²) in [6, 6.07) is 7.83. The molecule has 0 spiro atoms. The van der Waals surface area contributed by atoms with Crippen molar-refractivity contribution in [2.45, 2.75) is 13.5 Å². The van der Waals surface area contributed by atoms with Gasteiger partial charge in [-0.2, -0.15) is 0 Å². The molecule has 0 fully saturated rings. The molecule has 90 valence electrons. The second-order valence-corrected chi connectivity index (χ2v) is 4.27. The summed E-state index contributed by atoms with van der Waals surface area (Å²) in [4.78, 5) is 8.86. The highest BCUT2D eigenvalue weighted by atomic mass is 16.3. The van der Waals surface area contributed by atoms with E-state index in [0.717, 1.165) is 23.3 Å². The van der Waals surface area contributed by atoms with E-state index in [2.05, 4.69) is 15.3 Å². The third-order valence-electron chi connectivity index (χ3n) is 2.61. The first-order valence-corrected chi connectivity index (χ1v) is 5.82. The molecule has 0 saturated heterocycles. The number of fused-ring (bicyclic) bond motifs is 1. The van der Waals surface area contributed by atoms with Crippen molar-refractivity contribution in [3.63, 3.8) is 0 Å². The number of aliphatic hydroxyl groups excluding tert-OH is 1. The van der Waals surface area contributed by atoms with Crippen LogP contribution in [0.1, 0.15) is 12.6 Å². The number of nitrogens with zero attached hydrogens (tertiary/aromatic N) is 2. The number of rotatable bonds is 5. The number of para-hydroxylation sites is 2. The van der Waals surface area contributed by atoms with Crippen molar-refractivity contribution in [1.29, 1.82) is 0 Å². The Labute approximate surface area is 101 Å². The van der Waals surface area contributed by atoms with Gasteiger partial charge in [0, 0.05) is 19.7 Å². The average Bonchev–Trinajstić information content (AvgIpc) is 2.38. The molecule has 0 aliphatic heterocycles. The van der Waals surface area contributed by atoms with E-state index in [4.69, 9.17) is 5.11 Å². The Kier molecular flexibility index (Phi) is 4.01. The molecule has 1 unspecified atom stereocenters. The van der Waals surface area contributed by atoms with Crippen LogP contribution in [0.2, 0.25) is 0 Å². The Bertz CT molecular complexity index is 487. The van der Waals surface area contributed by atoms with Crippen LogP contribution in [-0.4, -0.2) is 28.2 Å². The largest absolute Gasteiger partial charge is 0.396 e. The highest BCUT2D eigenvalue weighted by Gasteiger charge is 2.01. The highest BCUT2D eigenvalue weighted by molar-refractivity contribution is 5.73. The molecule has 1 atom stereocenters. The molecule has 1 aromatic carbocycles. The Balaban J connectivity index is 1.99.